The first-order chi connectivity index (χ1) is 18.6. The second kappa shape index (κ2) is 12.1. The van der Waals surface area contributed by atoms with Gasteiger partial charge >= 0.3 is 0 Å². The predicted octanol–water partition coefficient (Wildman–Crippen LogP) is 5.93. The fraction of sp³-hybridized carbons (Fsp3) is 0.148. The second-order valence-corrected chi connectivity index (χ2v) is 10.3. The number of anilines is 1. The molecular weight excluding hydrogens is 590 g/mol. The van der Waals surface area contributed by atoms with Gasteiger partial charge in [0.15, 0.2) is 11.5 Å². The number of nitro groups is 1. The van der Waals surface area contributed by atoms with Crippen LogP contribution in [0.15, 0.2) is 70.0 Å². The Morgan fingerprint density at radius 3 is 2.54 bits per heavy atom. The molecule has 12 heteroatoms. The SMILES string of the molecule is COc1cc(/C=C2/SC(=O)N(CC(=O)Nc3cccc(C)c3)C2=O)c(Br)cc1OCc1ccc([N+](=O)[O-])cc1. The Morgan fingerprint density at radius 1 is 1.13 bits per heavy atom. The number of nitrogens with one attached hydrogen (secondary N) is 1. The van der Waals surface area contributed by atoms with Crippen LogP contribution < -0.4 is 14.8 Å². The molecule has 1 saturated heterocycles. The predicted molar refractivity (Wildman–Crippen MR) is 151 cm³/mol. The molecule has 0 bridgehead atoms. The number of non-ortho nitro benzene ring substituents is 1. The maximum absolute atomic E-state index is 12.9. The molecule has 0 aromatic heterocycles. The maximum Gasteiger partial charge on any atom is 0.294 e. The molecule has 1 aliphatic rings. The number of rotatable bonds is 9. The Bertz CT molecular complexity index is 1490. The Balaban J connectivity index is 1.46. The molecule has 0 aliphatic carbocycles. The van der Waals surface area contributed by atoms with E-state index >= 15 is 0 Å². The first kappa shape index (κ1) is 27.9. The highest BCUT2D eigenvalue weighted by Crippen LogP contribution is 2.38. The minimum Gasteiger partial charge on any atom is -0.493 e. The van der Waals surface area contributed by atoms with E-state index in [0.717, 1.165) is 27.8 Å². The van der Waals surface area contributed by atoms with Crippen molar-refractivity contribution >= 4 is 62.2 Å². The van der Waals surface area contributed by atoms with Crippen molar-refractivity contribution < 1.29 is 28.8 Å². The fourth-order valence-corrected chi connectivity index (χ4v) is 4.92. The van der Waals surface area contributed by atoms with Crippen molar-refractivity contribution in [1.82, 2.24) is 4.90 Å². The number of methoxy groups -OCH3 is 1. The number of thioether (sulfide) groups is 1. The van der Waals surface area contributed by atoms with E-state index in [2.05, 4.69) is 21.2 Å². The van der Waals surface area contributed by atoms with Crippen molar-refractivity contribution in [2.75, 3.05) is 19.0 Å². The molecule has 0 spiro atoms. The number of hydrogen-bond acceptors (Lipinski definition) is 8. The highest BCUT2D eigenvalue weighted by molar-refractivity contribution is 9.10. The van der Waals surface area contributed by atoms with Gasteiger partial charge in [-0.3, -0.25) is 29.4 Å². The molecule has 1 aliphatic heterocycles. The van der Waals surface area contributed by atoms with E-state index in [1.54, 1.807) is 42.5 Å². The van der Waals surface area contributed by atoms with Crippen LogP contribution in [0.3, 0.4) is 0 Å². The third kappa shape index (κ3) is 6.84. The van der Waals surface area contributed by atoms with Crippen molar-refractivity contribution in [3.63, 3.8) is 0 Å². The number of ether oxygens (including phenoxy) is 2. The summed E-state index contributed by atoms with van der Waals surface area (Å²) in [5.41, 5.74) is 2.81. The van der Waals surface area contributed by atoms with Crippen LogP contribution in [0.5, 0.6) is 11.5 Å². The quantitative estimate of drug-likeness (QED) is 0.179. The number of carbonyl (C=O) groups excluding carboxylic acids is 3. The molecule has 3 amide bonds. The van der Waals surface area contributed by atoms with E-state index < -0.39 is 28.5 Å². The fourth-order valence-electron chi connectivity index (χ4n) is 3.65. The van der Waals surface area contributed by atoms with Gasteiger partial charge in [-0.2, -0.15) is 0 Å². The average molecular weight is 612 g/mol. The van der Waals surface area contributed by atoms with Gasteiger partial charge in [-0.25, -0.2) is 0 Å². The van der Waals surface area contributed by atoms with Gasteiger partial charge in [-0.15, -0.1) is 0 Å². The Kier molecular flexibility index (Phi) is 8.67. The third-order valence-electron chi connectivity index (χ3n) is 5.59. The summed E-state index contributed by atoms with van der Waals surface area (Å²) in [6.45, 7) is 1.63. The van der Waals surface area contributed by atoms with Gasteiger partial charge in [0.2, 0.25) is 5.91 Å². The molecule has 0 saturated carbocycles. The highest BCUT2D eigenvalue weighted by Gasteiger charge is 2.36. The largest absolute Gasteiger partial charge is 0.493 e. The smallest absolute Gasteiger partial charge is 0.294 e. The van der Waals surface area contributed by atoms with Crippen LogP contribution in [0, 0.1) is 17.0 Å². The molecule has 1 N–H and O–H groups in total. The number of imide groups is 1. The lowest BCUT2D eigenvalue weighted by Crippen LogP contribution is -2.36. The van der Waals surface area contributed by atoms with Crippen LogP contribution in [-0.4, -0.2) is 40.5 Å². The molecule has 4 rings (SSSR count). The zero-order chi connectivity index (χ0) is 28.1. The van der Waals surface area contributed by atoms with Gasteiger partial charge in [0, 0.05) is 22.3 Å². The number of hydrogen-bond donors (Lipinski definition) is 1. The number of aryl methyl sites for hydroxylation is 1. The van der Waals surface area contributed by atoms with Crippen LogP contribution in [0.25, 0.3) is 6.08 Å². The van der Waals surface area contributed by atoms with E-state index in [1.165, 1.54) is 25.3 Å². The molecule has 39 heavy (non-hydrogen) atoms. The second-order valence-electron chi connectivity index (χ2n) is 8.42. The molecule has 1 fully saturated rings. The van der Waals surface area contributed by atoms with E-state index in [4.69, 9.17) is 9.47 Å². The van der Waals surface area contributed by atoms with Gasteiger partial charge in [-0.05, 0) is 77.9 Å². The average Bonchev–Trinajstić information content (AvgIpc) is 3.16. The Morgan fingerprint density at radius 2 is 1.87 bits per heavy atom. The molecule has 0 atom stereocenters. The van der Waals surface area contributed by atoms with Gasteiger partial charge in [-0.1, -0.05) is 28.1 Å². The number of benzene rings is 3. The topological polar surface area (TPSA) is 128 Å². The van der Waals surface area contributed by atoms with E-state index in [0.29, 0.717) is 27.2 Å². The van der Waals surface area contributed by atoms with Gasteiger partial charge < -0.3 is 14.8 Å². The number of amides is 3. The van der Waals surface area contributed by atoms with Gasteiger partial charge in [0.05, 0.1) is 16.9 Å². The summed E-state index contributed by atoms with van der Waals surface area (Å²) in [4.78, 5) is 49.3. The molecule has 0 radical (unpaired) electrons. The summed E-state index contributed by atoms with van der Waals surface area (Å²) in [7, 11) is 1.46. The molecular formula is C27H22BrN3O7S. The van der Waals surface area contributed by atoms with Crippen LogP contribution in [0.1, 0.15) is 16.7 Å². The normalized spacial score (nSPS) is 14.0. The summed E-state index contributed by atoms with van der Waals surface area (Å²) in [6, 6.07) is 16.5. The zero-order valence-electron chi connectivity index (χ0n) is 20.8. The summed E-state index contributed by atoms with van der Waals surface area (Å²) in [5, 5.41) is 13.0. The van der Waals surface area contributed by atoms with Crippen molar-refractivity contribution in [2.24, 2.45) is 0 Å². The standard InChI is InChI=1S/C27H22BrN3O7S/c1-16-4-3-5-19(10-16)29-25(32)14-30-26(33)24(39-27(30)34)12-18-11-22(37-2)23(13-21(18)28)38-15-17-6-8-20(9-7-17)31(35)36/h3-13H,14-15H2,1-2H3,(H,29,32)/b24-12+. The van der Waals surface area contributed by atoms with E-state index in [-0.39, 0.29) is 17.2 Å². The summed E-state index contributed by atoms with van der Waals surface area (Å²) in [5.74, 6) is -0.279. The Hall–Kier alpha value is -4.16. The molecule has 200 valence electrons. The number of carbonyl (C=O) groups is 3. The molecule has 1 heterocycles. The minimum atomic E-state index is -0.575. The van der Waals surface area contributed by atoms with Crippen LogP contribution in [0.4, 0.5) is 16.2 Å². The summed E-state index contributed by atoms with van der Waals surface area (Å²) >= 11 is 4.21. The molecule has 3 aromatic rings. The van der Waals surface area contributed by atoms with Crippen LogP contribution in [-0.2, 0) is 16.2 Å². The lowest BCUT2D eigenvalue weighted by Gasteiger charge is -2.13. The molecule has 0 unspecified atom stereocenters. The van der Waals surface area contributed by atoms with E-state index in [9.17, 15) is 24.5 Å². The highest BCUT2D eigenvalue weighted by atomic mass is 79.9. The maximum atomic E-state index is 12.9. The van der Waals surface area contributed by atoms with Gasteiger partial charge in [0.25, 0.3) is 16.8 Å². The first-order valence-electron chi connectivity index (χ1n) is 11.5. The monoisotopic (exact) mass is 611 g/mol. The van der Waals surface area contributed by atoms with E-state index in [1.807, 2.05) is 13.0 Å². The molecule has 10 nitrogen and oxygen atoms in total. The lowest BCUT2D eigenvalue weighted by atomic mass is 10.1. The van der Waals surface area contributed by atoms with Crippen molar-refractivity contribution in [2.45, 2.75) is 13.5 Å². The van der Waals surface area contributed by atoms with Crippen molar-refractivity contribution in [3.05, 3.63) is 96.8 Å². The molecule has 3 aromatic carbocycles. The zero-order valence-corrected chi connectivity index (χ0v) is 23.2. The van der Waals surface area contributed by atoms with Gasteiger partial charge in [0.1, 0.15) is 13.2 Å². The number of nitro benzene ring substituents is 1. The summed E-state index contributed by atoms with van der Waals surface area (Å²) < 4.78 is 11.9. The number of halogens is 1. The first-order valence-corrected chi connectivity index (χ1v) is 13.1. The Labute approximate surface area is 236 Å². The third-order valence-corrected chi connectivity index (χ3v) is 7.18. The van der Waals surface area contributed by atoms with Crippen molar-refractivity contribution in [1.29, 1.82) is 0 Å². The lowest BCUT2D eigenvalue weighted by molar-refractivity contribution is -0.384. The van der Waals surface area contributed by atoms with Crippen LogP contribution in [0.2, 0.25) is 0 Å². The van der Waals surface area contributed by atoms with Crippen LogP contribution >= 0.6 is 27.7 Å². The number of nitrogens with zero attached hydrogens (tertiary/aromatic N) is 2. The minimum absolute atomic E-state index is 0.0141. The summed E-state index contributed by atoms with van der Waals surface area (Å²) in [6.07, 6.45) is 1.54. The van der Waals surface area contributed by atoms with Crippen molar-refractivity contribution in [3.8, 4) is 11.5 Å².